The Morgan fingerprint density at radius 2 is 1.44 bits per heavy atom. The Kier molecular flexibility index (Phi) is 14.2. The number of pyridine rings is 2. The second kappa shape index (κ2) is 19.7. The zero-order chi connectivity index (χ0) is 43.2. The normalized spacial score (nSPS) is 19.6. The number of hydrogen-bond donors (Lipinski definition) is 7. The first kappa shape index (κ1) is 43.9. The molecular formula is C40H47Cl2F2N13O4. The van der Waals surface area contributed by atoms with E-state index >= 15 is 0 Å². The standard InChI is InChI=1S/C21H26ClFN6O2.C19H21ClFN7O2/c1-12-3-4-29(9-14(30)11-31-2)10-18(12)27-21-17(23)8-26-20(28-21)16-7-25-19-15(16)5-13(22)6-24-19;20-10-4-12-13(6-24-17(12)23-5-10)18-25-7-14(21)19(27-18)26-11-2-1-3-28(8-11)9-15(29)16(22)30/h5-8,12,14,18,30H,3-4,9-11H2,1-2H3,(H,24,25)(H,26,27,28);4-7,11,15,29H,1-3,8-9H2,(H2,22,30)(H,23,24)(H,25,26,27)/t12-,14?,18+;/m0./s1. The number of likely N-dealkylation sites (tertiary alicyclic amines) is 2. The second-order valence-electron chi connectivity index (χ2n) is 15.3. The van der Waals surface area contributed by atoms with Gasteiger partial charge in [0.15, 0.2) is 34.9 Å². The fourth-order valence-electron chi connectivity index (χ4n) is 7.60. The molecule has 0 spiro atoms. The minimum absolute atomic E-state index is 0.0141. The highest BCUT2D eigenvalue weighted by molar-refractivity contribution is 6.31. The van der Waals surface area contributed by atoms with E-state index in [4.69, 9.17) is 33.7 Å². The van der Waals surface area contributed by atoms with Crippen LogP contribution in [0.25, 0.3) is 44.8 Å². The fraction of sp³-hybridized carbons (Fsp3) is 0.425. The maximum absolute atomic E-state index is 14.6. The number of aromatic amines is 2. The molecule has 5 atom stereocenters. The van der Waals surface area contributed by atoms with Crippen molar-refractivity contribution in [2.24, 2.45) is 11.7 Å². The monoisotopic (exact) mass is 881 g/mol. The lowest BCUT2D eigenvalue weighted by Crippen LogP contribution is -2.49. The van der Waals surface area contributed by atoms with Gasteiger partial charge in [0, 0.05) is 92.1 Å². The molecule has 0 aliphatic carbocycles. The smallest absolute Gasteiger partial charge is 0.247 e. The number of methoxy groups -OCH3 is 1. The predicted molar refractivity (Wildman–Crippen MR) is 228 cm³/mol. The van der Waals surface area contributed by atoms with E-state index in [-0.39, 0.29) is 36.9 Å². The third kappa shape index (κ3) is 10.8. The van der Waals surface area contributed by atoms with Crippen LogP contribution in [-0.4, -0.2) is 143 Å². The summed E-state index contributed by atoms with van der Waals surface area (Å²) in [5, 5.41) is 28.6. The Morgan fingerprint density at radius 1 is 0.869 bits per heavy atom. The van der Waals surface area contributed by atoms with Crippen LogP contribution in [0.4, 0.5) is 20.4 Å². The zero-order valence-corrected chi connectivity index (χ0v) is 35.0. The van der Waals surface area contributed by atoms with Crippen molar-refractivity contribution >= 4 is 62.8 Å². The molecule has 17 nitrogen and oxygen atoms in total. The predicted octanol–water partition coefficient (Wildman–Crippen LogP) is 4.48. The van der Waals surface area contributed by atoms with Gasteiger partial charge in [-0.2, -0.15) is 0 Å². The molecule has 324 valence electrons. The number of H-pyrrole nitrogens is 2. The van der Waals surface area contributed by atoms with Crippen LogP contribution < -0.4 is 16.4 Å². The third-order valence-electron chi connectivity index (χ3n) is 10.8. The van der Waals surface area contributed by atoms with E-state index < -0.39 is 29.7 Å². The second-order valence-corrected chi connectivity index (χ2v) is 16.2. The molecule has 8 rings (SSSR count). The van der Waals surface area contributed by atoms with Crippen LogP contribution in [0.5, 0.6) is 0 Å². The van der Waals surface area contributed by atoms with E-state index in [1.165, 1.54) is 12.4 Å². The third-order valence-corrected chi connectivity index (χ3v) is 11.2. The molecule has 6 aromatic rings. The van der Waals surface area contributed by atoms with Gasteiger partial charge in [-0.3, -0.25) is 14.6 Å². The number of halogens is 4. The quantitative estimate of drug-likeness (QED) is 0.0849. The lowest BCUT2D eigenvalue weighted by Gasteiger charge is -2.38. The number of carbonyl (C=O) groups is 1. The molecule has 3 unspecified atom stereocenters. The van der Waals surface area contributed by atoms with Gasteiger partial charge in [0.25, 0.3) is 0 Å². The minimum Gasteiger partial charge on any atom is -0.389 e. The van der Waals surface area contributed by atoms with E-state index in [2.05, 4.69) is 62.3 Å². The summed E-state index contributed by atoms with van der Waals surface area (Å²) >= 11 is 12.1. The number of rotatable bonds is 13. The molecule has 0 bridgehead atoms. The highest BCUT2D eigenvalue weighted by atomic mass is 35.5. The number of primary amides is 1. The molecule has 2 fully saturated rings. The number of aliphatic hydroxyl groups is 2. The number of ether oxygens (including phenoxy) is 1. The molecule has 21 heteroatoms. The van der Waals surface area contributed by atoms with E-state index in [1.807, 2.05) is 4.90 Å². The van der Waals surface area contributed by atoms with Gasteiger partial charge in [0.1, 0.15) is 17.4 Å². The summed E-state index contributed by atoms with van der Waals surface area (Å²) in [6, 6.07) is 3.41. The van der Waals surface area contributed by atoms with Crippen molar-refractivity contribution in [1.29, 1.82) is 0 Å². The van der Waals surface area contributed by atoms with Crippen molar-refractivity contribution in [3.8, 4) is 22.8 Å². The number of aromatic nitrogens is 8. The maximum atomic E-state index is 14.6. The van der Waals surface area contributed by atoms with Gasteiger partial charge in [0.2, 0.25) is 5.91 Å². The lowest BCUT2D eigenvalue weighted by atomic mass is 9.93. The summed E-state index contributed by atoms with van der Waals surface area (Å²) in [5.74, 6) is -0.541. The number of fused-ring (bicyclic) bond motifs is 2. The molecule has 2 aliphatic heterocycles. The molecule has 0 radical (unpaired) electrons. The van der Waals surface area contributed by atoms with Crippen molar-refractivity contribution < 1.29 is 28.5 Å². The van der Waals surface area contributed by atoms with Crippen molar-refractivity contribution in [2.75, 3.05) is 63.6 Å². The van der Waals surface area contributed by atoms with Crippen molar-refractivity contribution in [2.45, 2.75) is 50.5 Å². The molecule has 2 saturated heterocycles. The molecular weight excluding hydrogens is 835 g/mol. The SMILES string of the molecule is COCC(O)CN1CC[C@H](C)[C@H](Nc2nc(-c3c[nH]c4ncc(Cl)cc34)ncc2F)C1.NC(=O)C(O)CN1CCCC(Nc2nc(-c3c[nH]c4ncc(Cl)cc34)ncc2F)C1. The largest absolute Gasteiger partial charge is 0.389 e. The molecule has 61 heavy (non-hydrogen) atoms. The Balaban J connectivity index is 0.000000184. The average Bonchev–Trinajstić information content (AvgIpc) is 3.85. The van der Waals surface area contributed by atoms with Gasteiger partial charge >= 0.3 is 0 Å². The summed E-state index contributed by atoms with van der Waals surface area (Å²) in [6.07, 6.45) is 9.62. The van der Waals surface area contributed by atoms with Gasteiger partial charge in [-0.1, -0.05) is 30.1 Å². The number of nitrogens with zero attached hydrogens (tertiary/aromatic N) is 8. The molecule has 0 saturated carbocycles. The number of piperidine rings is 2. The highest BCUT2D eigenvalue weighted by Gasteiger charge is 2.29. The number of carbonyl (C=O) groups excluding carboxylic acids is 1. The maximum Gasteiger partial charge on any atom is 0.247 e. The van der Waals surface area contributed by atoms with Crippen molar-refractivity contribution in [1.82, 2.24) is 49.7 Å². The molecule has 1 amide bonds. The van der Waals surface area contributed by atoms with Crippen LogP contribution in [0.3, 0.4) is 0 Å². The van der Waals surface area contributed by atoms with Gasteiger partial charge in [0.05, 0.1) is 35.1 Å². The van der Waals surface area contributed by atoms with Gasteiger partial charge < -0.3 is 41.3 Å². The van der Waals surface area contributed by atoms with Crippen LogP contribution >= 0.6 is 23.2 Å². The van der Waals surface area contributed by atoms with Gasteiger partial charge in [-0.15, -0.1) is 0 Å². The van der Waals surface area contributed by atoms with E-state index in [9.17, 15) is 23.8 Å². The Labute approximate surface area is 359 Å². The van der Waals surface area contributed by atoms with Crippen LogP contribution in [0.1, 0.15) is 26.2 Å². The van der Waals surface area contributed by atoms with Crippen LogP contribution in [0.15, 0.2) is 49.3 Å². The van der Waals surface area contributed by atoms with Crippen LogP contribution in [0, 0.1) is 17.6 Å². The average molecular weight is 883 g/mol. The van der Waals surface area contributed by atoms with E-state index in [0.717, 1.165) is 49.3 Å². The number of aliphatic hydroxyl groups excluding tert-OH is 2. The number of nitrogens with one attached hydrogen (secondary N) is 4. The number of β-amino-alcohol motifs (C(OH)–C–C–N with tert-alkyl or cyclic N) is 2. The lowest BCUT2D eigenvalue weighted by molar-refractivity contribution is -0.127. The van der Waals surface area contributed by atoms with Gasteiger partial charge in [-0.05, 0) is 50.4 Å². The number of amides is 1. The summed E-state index contributed by atoms with van der Waals surface area (Å²) < 4.78 is 34.0. The molecule has 6 aromatic heterocycles. The summed E-state index contributed by atoms with van der Waals surface area (Å²) in [6.45, 7) is 5.88. The first-order valence-electron chi connectivity index (χ1n) is 19.8. The van der Waals surface area contributed by atoms with E-state index in [0.29, 0.717) is 69.7 Å². The zero-order valence-electron chi connectivity index (χ0n) is 33.5. The Bertz CT molecular complexity index is 2460. The number of hydrogen-bond acceptors (Lipinski definition) is 14. The number of anilines is 2. The summed E-state index contributed by atoms with van der Waals surface area (Å²) in [4.78, 5) is 46.9. The molecule has 0 aromatic carbocycles. The molecule has 8 N–H and O–H groups in total. The van der Waals surface area contributed by atoms with E-state index in [1.54, 1.807) is 37.8 Å². The minimum atomic E-state index is -1.23. The first-order chi connectivity index (χ1) is 29.3. The van der Waals surface area contributed by atoms with Crippen molar-refractivity contribution in [3.63, 3.8) is 0 Å². The Hall–Kier alpha value is -5.15. The van der Waals surface area contributed by atoms with Crippen LogP contribution in [-0.2, 0) is 9.53 Å². The summed E-state index contributed by atoms with van der Waals surface area (Å²) in [5.41, 5.74) is 7.79. The topological polar surface area (TPSA) is 232 Å². The summed E-state index contributed by atoms with van der Waals surface area (Å²) in [7, 11) is 1.57. The molecule has 2 aliphatic rings. The Morgan fingerprint density at radius 3 is 2.02 bits per heavy atom. The fourth-order valence-corrected chi connectivity index (χ4v) is 7.91. The molecule has 8 heterocycles. The van der Waals surface area contributed by atoms with Crippen LogP contribution in [0.2, 0.25) is 10.0 Å². The number of nitrogens with two attached hydrogens (primary N) is 1. The highest BCUT2D eigenvalue weighted by Crippen LogP contribution is 2.31. The first-order valence-corrected chi connectivity index (χ1v) is 20.5. The van der Waals surface area contributed by atoms with Crippen molar-refractivity contribution in [3.05, 3.63) is 71.0 Å². The van der Waals surface area contributed by atoms with Gasteiger partial charge in [-0.25, -0.2) is 38.7 Å².